The zero-order valence-electron chi connectivity index (χ0n) is 11.7. The number of allylic oxidation sites excluding steroid dienone is 1. The van der Waals surface area contributed by atoms with Crippen LogP contribution in [0.4, 0.5) is 5.82 Å². The minimum Gasteiger partial charge on any atom is -0.301 e. The number of nitrogens with one attached hydrogen (secondary N) is 2. The van der Waals surface area contributed by atoms with Crippen LogP contribution in [0.25, 0.3) is 11.6 Å². The lowest BCUT2D eigenvalue weighted by Crippen LogP contribution is -2.15. The monoisotopic (exact) mass is 268 g/mol. The fourth-order valence-corrected chi connectivity index (χ4v) is 2.29. The van der Waals surface area contributed by atoms with Crippen LogP contribution in [0.5, 0.6) is 0 Å². The summed E-state index contributed by atoms with van der Waals surface area (Å²) >= 11 is 0. The van der Waals surface area contributed by atoms with E-state index in [1.165, 1.54) is 0 Å². The molecule has 0 saturated carbocycles. The molecule has 3 heterocycles. The number of nitrogens with zero attached hydrogens (tertiary/aromatic N) is 2. The molecule has 20 heavy (non-hydrogen) atoms. The van der Waals surface area contributed by atoms with Gasteiger partial charge in [-0.05, 0) is 18.2 Å². The van der Waals surface area contributed by atoms with Crippen molar-refractivity contribution in [2.24, 2.45) is 4.99 Å². The van der Waals surface area contributed by atoms with Crippen molar-refractivity contribution >= 4 is 23.7 Å². The first kappa shape index (κ1) is 12.6. The molecule has 2 N–H and O–H groups in total. The van der Waals surface area contributed by atoms with E-state index < -0.39 is 0 Å². The van der Waals surface area contributed by atoms with E-state index in [-0.39, 0.29) is 11.0 Å². The quantitative estimate of drug-likeness (QED) is 0.834. The van der Waals surface area contributed by atoms with Crippen LogP contribution in [0.3, 0.4) is 0 Å². The summed E-state index contributed by atoms with van der Waals surface area (Å²) in [5.41, 5.74) is 3.14. The molecule has 0 saturated heterocycles. The Balaban J connectivity index is 2.14. The minimum absolute atomic E-state index is 0.117. The summed E-state index contributed by atoms with van der Waals surface area (Å²) < 4.78 is 0. The van der Waals surface area contributed by atoms with E-state index in [2.05, 4.69) is 40.9 Å². The molecule has 2 aromatic rings. The molecule has 5 heteroatoms. The first-order valence-corrected chi connectivity index (χ1v) is 6.49. The Morgan fingerprint density at radius 2 is 2.05 bits per heavy atom. The lowest BCUT2D eigenvalue weighted by atomic mass is 9.89. The number of fused-ring (bicyclic) bond motifs is 1. The van der Waals surface area contributed by atoms with Gasteiger partial charge in [-0.2, -0.15) is 0 Å². The molecule has 0 amide bonds. The lowest BCUT2D eigenvalue weighted by molar-refractivity contribution is 0.566. The van der Waals surface area contributed by atoms with E-state index in [1.54, 1.807) is 12.4 Å². The molecule has 5 nitrogen and oxygen atoms in total. The Labute approximate surface area is 116 Å². The maximum absolute atomic E-state index is 12.0. The number of pyridine rings is 1. The highest BCUT2D eigenvalue weighted by atomic mass is 16.1. The van der Waals surface area contributed by atoms with Crippen molar-refractivity contribution in [3.63, 3.8) is 0 Å². The van der Waals surface area contributed by atoms with Crippen LogP contribution in [-0.2, 0) is 5.41 Å². The standard InChI is InChI=1S/C15H16N4O/c1-15(2,3)12-11(14(20)19-18-12)7-9-8-17-13-10(9)5-4-6-16-13/h4-8H,1-3H3,(H2,18,19,20)/b9-7-. The van der Waals surface area contributed by atoms with Crippen LogP contribution in [0.1, 0.15) is 37.6 Å². The Morgan fingerprint density at radius 3 is 2.80 bits per heavy atom. The smallest absolute Gasteiger partial charge is 0.271 e. The molecule has 2 aromatic heterocycles. The number of aromatic amines is 2. The third-order valence-corrected chi connectivity index (χ3v) is 3.29. The molecular weight excluding hydrogens is 252 g/mol. The molecule has 0 fully saturated rings. The zero-order valence-corrected chi connectivity index (χ0v) is 11.7. The van der Waals surface area contributed by atoms with Crippen LogP contribution in [-0.4, -0.2) is 21.4 Å². The summed E-state index contributed by atoms with van der Waals surface area (Å²) in [6.07, 6.45) is 5.33. The van der Waals surface area contributed by atoms with Gasteiger partial charge in [0.05, 0.1) is 5.56 Å². The molecule has 0 radical (unpaired) electrons. The fourth-order valence-electron chi connectivity index (χ4n) is 2.29. The predicted molar refractivity (Wildman–Crippen MR) is 80.4 cm³/mol. The number of rotatable bonds is 1. The molecule has 1 aliphatic rings. The minimum atomic E-state index is -0.140. The third-order valence-electron chi connectivity index (χ3n) is 3.29. The second-order valence-electron chi connectivity index (χ2n) is 5.85. The van der Waals surface area contributed by atoms with E-state index in [4.69, 9.17) is 0 Å². The molecule has 0 atom stereocenters. The molecule has 0 aromatic carbocycles. The van der Waals surface area contributed by atoms with Gasteiger partial charge in [-0.3, -0.25) is 9.89 Å². The SMILES string of the molecule is CC(C)(C)c1[nH][nH]c(=O)c1/C=C1/C=Nc2ncccc21. The summed E-state index contributed by atoms with van der Waals surface area (Å²) in [7, 11) is 0. The molecule has 3 rings (SSSR count). The van der Waals surface area contributed by atoms with Gasteiger partial charge in [0.1, 0.15) is 0 Å². The van der Waals surface area contributed by atoms with Gasteiger partial charge in [0.2, 0.25) is 0 Å². The lowest BCUT2D eigenvalue weighted by Gasteiger charge is -2.17. The molecule has 0 spiro atoms. The first-order chi connectivity index (χ1) is 9.47. The maximum atomic E-state index is 12.0. The molecule has 102 valence electrons. The first-order valence-electron chi connectivity index (χ1n) is 6.49. The third kappa shape index (κ3) is 2.01. The van der Waals surface area contributed by atoms with Gasteiger partial charge in [-0.15, -0.1) is 0 Å². The summed E-state index contributed by atoms with van der Waals surface area (Å²) in [5, 5.41) is 5.63. The number of aliphatic imine (C=N–C) groups is 1. The maximum Gasteiger partial charge on any atom is 0.271 e. The van der Waals surface area contributed by atoms with Crippen molar-refractivity contribution in [3.05, 3.63) is 45.5 Å². The van der Waals surface area contributed by atoms with Crippen LogP contribution in [0.15, 0.2) is 28.1 Å². The number of hydrogen-bond acceptors (Lipinski definition) is 3. The summed E-state index contributed by atoms with van der Waals surface area (Å²) in [5.74, 6) is 0.697. The van der Waals surface area contributed by atoms with Crippen LogP contribution in [0, 0.1) is 0 Å². The van der Waals surface area contributed by atoms with E-state index in [0.717, 1.165) is 16.8 Å². The Bertz CT molecular complexity index is 772. The van der Waals surface area contributed by atoms with Crippen molar-refractivity contribution in [1.82, 2.24) is 15.2 Å². The number of aromatic nitrogens is 3. The molecule has 0 unspecified atom stereocenters. The highest BCUT2D eigenvalue weighted by Gasteiger charge is 2.22. The van der Waals surface area contributed by atoms with Crippen LogP contribution >= 0.6 is 0 Å². The fraction of sp³-hybridized carbons (Fsp3) is 0.267. The second kappa shape index (κ2) is 4.30. The van der Waals surface area contributed by atoms with Gasteiger partial charge in [0.25, 0.3) is 5.56 Å². The van der Waals surface area contributed by atoms with Gasteiger partial charge in [0.15, 0.2) is 5.82 Å². The van der Waals surface area contributed by atoms with E-state index in [0.29, 0.717) is 11.4 Å². The Morgan fingerprint density at radius 1 is 1.25 bits per heavy atom. The van der Waals surface area contributed by atoms with Gasteiger partial charge in [-0.25, -0.2) is 9.98 Å². The molecular formula is C15H16N4O. The largest absolute Gasteiger partial charge is 0.301 e. The Hall–Kier alpha value is -2.43. The van der Waals surface area contributed by atoms with Gasteiger partial charge >= 0.3 is 0 Å². The molecule has 1 aliphatic heterocycles. The van der Waals surface area contributed by atoms with Gasteiger partial charge in [0, 0.05) is 34.7 Å². The molecule has 0 bridgehead atoms. The van der Waals surface area contributed by atoms with Crippen molar-refractivity contribution in [2.75, 3.05) is 0 Å². The Kier molecular flexibility index (Phi) is 2.71. The normalized spacial score (nSPS) is 15.8. The van der Waals surface area contributed by atoms with E-state index in [1.807, 2.05) is 18.2 Å². The van der Waals surface area contributed by atoms with E-state index >= 15 is 0 Å². The number of hydrogen-bond donors (Lipinski definition) is 2. The van der Waals surface area contributed by atoms with Crippen molar-refractivity contribution < 1.29 is 0 Å². The van der Waals surface area contributed by atoms with Crippen LogP contribution in [0.2, 0.25) is 0 Å². The average molecular weight is 268 g/mol. The van der Waals surface area contributed by atoms with Crippen molar-refractivity contribution in [1.29, 1.82) is 0 Å². The average Bonchev–Trinajstić information content (AvgIpc) is 2.95. The highest BCUT2D eigenvalue weighted by Crippen LogP contribution is 2.31. The van der Waals surface area contributed by atoms with Crippen molar-refractivity contribution in [2.45, 2.75) is 26.2 Å². The second-order valence-corrected chi connectivity index (χ2v) is 5.85. The highest BCUT2D eigenvalue weighted by molar-refractivity contribution is 6.20. The topological polar surface area (TPSA) is 73.9 Å². The number of H-pyrrole nitrogens is 2. The van der Waals surface area contributed by atoms with Gasteiger partial charge in [-0.1, -0.05) is 20.8 Å². The summed E-state index contributed by atoms with van der Waals surface area (Å²) in [6.45, 7) is 6.19. The predicted octanol–water partition coefficient (Wildman–Crippen LogP) is 2.65. The van der Waals surface area contributed by atoms with Crippen LogP contribution < -0.4 is 5.56 Å². The summed E-state index contributed by atoms with van der Waals surface area (Å²) in [4.78, 5) is 20.5. The van der Waals surface area contributed by atoms with Gasteiger partial charge < -0.3 is 5.10 Å². The molecule has 0 aliphatic carbocycles. The van der Waals surface area contributed by atoms with E-state index in [9.17, 15) is 4.79 Å². The summed E-state index contributed by atoms with van der Waals surface area (Å²) in [6, 6.07) is 3.83. The zero-order chi connectivity index (χ0) is 14.3. The van der Waals surface area contributed by atoms with Crippen molar-refractivity contribution in [3.8, 4) is 0 Å².